The number of hydrogen-bond acceptors (Lipinski definition) is 4. The minimum atomic E-state index is -1.27. The van der Waals surface area contributed by atoms with Crippen molar-refractivity contribution in [2.45, 2.75) is 19.3 Å². The van der Waals surface area contributed by atoms with E-state index in [1.54, 1.807) is 0 Å². The summed E-state index contributed by atoms with van der Waals surface area (Å²) in [5.41, 5.74) is -0.586. The van der Waals surface area contributed by atoms with E-state index in [0.717, 1.165) is 25.0 Å². The molecular formula is C13H12ClNO5S. The van der Waals surface area contributed by atoms with Crippen molar-refractivity contribution in [3.63, 3.8) is 0 Å². The average Bonchev–Trinajstić information content (AvgIpc) is 2.42. The van der Waals surface area contributed by atoms with Gasteiger partial charge in [-0.15, -0.1) is 0 Å². The van der Waals surface area contributed by atoms with E-state index >= 15 is 0 Å². The van der Waals surface area contributed by atoms with Crippen molar-refractivity contribution in [1.82, 2.24) is 0 Å². The maximum absolute atomic E-state index is 11.9. The Labute approximate surface area is 127 Å². The molecule has 6 nitrogen and oxygen atoms in total. The maximum Gasteiger partial charge on any atom is 0.337 e. The van der Waals surface area contributed by atoms with Crippen LogP contribution < -0.4 is 0 Å². The molecule has 0 aromatic heterocycles. The van der Waals surface area contributed by atoms with Crippen LogP contribution in [0.15, 0.2) is 17.1 Å². The molecule has 0 saturated carbocycles. The Kier molecular flexibility index (Phi) is 4.74. The molecule has 1 aliphatic heterocycles. The van der Waals surface area contributed by atoms with E-state index in [1.165, 1.54) is 0 Å². The fraction of sp³-hybridized carbons (Fsp3) is 0.308. The summed E-state index contributed by atoms with van der Waals surface area (Å²) < 4.78 is 11.9. The highest BCUT2D eigenvalue weighted by atomic mass is 35.5. The molecule has 8 heteroatoms. The summed E-state index contributed by atoms with van der Waals surface area (Å²) in [7, 11) is -1.27. The first-order valence-corrected chi connectivity index (χ1v) is 7.86. The van der Waals surface area contributed by atoms with Gasteiger partial charge in [-0.05, 0) is 31.4 Å². The Morgan fingerprint density at radius 2 is 1.76 bits per heavy atom. The van der Waals surface area contributed by atoms with E-state index in [0.29, 0.717) is 17.2 Å². The first-order valence-electron chi connectivity index (χ1n) is 6.17. The van der Waals surface area contributed by atoms with Crippen LogP contribution in [0.25, 0.3) is 0 Å². The van der Waals surface area contributed by atoms with E-state index in [1.807, 2.05) is 0 Å². The Balaban J connectivity index is 2.61. The molecule has 1 heterocycles. The minimum Gasteiger partial charge on any atom is -0.478 e. The van der Waals surface area contributed by atoms with Gasteiger partial charge in [0.2, 0.25) is 0 Å². The SMILES string of the molecule is O=C(O)c1ccc(C(=O)O)c(N=C2CCCCS2=O)c1Cl. The topological polar surface area (TPSA) is 104 Å². The van der Waals surface area contributed by atoms with E-state index in [-0.39, 0.29) is 21.8 Å². The molecule has 2 N–H and O–H groups in total. The predicted molar refractivity (Wildman–Crippen MR) is 79.3 cm³/mol. The van der Waals surface area contributed by atoms with Gasteiger partial charge in [0.15, 0.2) is 0 Å². The second-order valence-electron chi connectivity index (χ2n) is 4.45. The highest BCUT2D eigenvalue weighted by Gasteiger charge is 2.22. The molecule has 1 unspecified atom stereocenters. The average molecular weight is 330 g/mol. The summed E-state index contributed by atoms with van der Waals surface area (Å²) in [5.74, 6) is -2.07. The van der Waals surface area contributed by atoms with Crippen molar-refractivity contribution in [3.05, 3.63) is 28.3 Å². The lowest BCUT2D eigenvalue weighted by Gasteiger charge is -2.14. The van der Waals surface area contributed by atoms with Gasteiger partial charge in [0.25, 0.3) is 0 Å². The van der Waals surface area contributed by atoms with Crippen LogP contribution in [0.4, 0.5) is 5.69 Å². The quantitative estimate of drug-likeness (QED) is 0.887. The maximum atomic E-state index is 11.9. The van der Waals surface area contributed by atoms with Gasteiger partial charge in [0.05, 0.1) is 32.6 Å². The lowest BCUT2D eigenvalue weighted by atomic mass is 10.1. The normalized spacial score (nSPS) is 20.4. The van der Waals surface area contributed by atoms with Gasteiger partial charge in [-0.2, -0.15) is 0 Å². The van der Waals surface area contributed by atoms with E-state index < -0.39 is 22.7 Å². The van der Waals surface area contributed by atoms with Gasteiger partial charge in [0.1, 0.15) is 5.04 Å². The molecule has 21 heavy (non-hydrogen) atoms. The smallest absolute Gasteiger partial charge is 0.337 e. The first-order chi connectivity index (χ1) is 9.91. The van der Waals surface area contributed by atoms with Gasteiger partial charge >= 0.3 is 11.9 Å². The van der Waals surface area contributed by atoms with Gasteiger partial charge in [-0.3, -0.25) is 4.21 Å². The molecular weight excluding hydrogens is 318 g/mol. The van der Waals surface area contributed by atoms with Crippen molar-refractivity contribution < 1.29 is 24.0 Å². The van der Waals surface area contributed by atoms with Crippen LogP contribution in [-0.4, -0.2) is 37.2 Å². The van der Waals surface area contributed by atoms with E-state index in [9.17, 15) is 13.8 Å². The molecule has 0 amide bonds. The summed E-state index contributed by atoms with van der Waals surface area (Å²) >= 11 is 5.97. The third-order valence-electron chi connectivity index (χ3n) is 3.05. The van der Waals surface area contributed by atoms with Crippen LogP contribution in [0.1, 0.15) is 40.0 Å². The molecule has 0 spiro atoms. The fourth-order valence-corrected chi connectivity index (χ4v) is 3.54. The van der Waals surface area contributed by atoms with E-state index in [2.05, 4.69) is 4.99 Å². The minimum absolute atomic E-state index is 0.144. The first kappa shape index (κ1) is 15.7. The number of aliphatic imine (C=N–C) groups is 1. The van der Waals surface area contributed by atoms with Crippen molar-refractivity contribution in [3.8, 4) is 0 Å². The van der Waals surface area contributed by atoms with Crippen molar-refractivity contribution in [2.24, 2.45) is 4.99 Å². The highest BCUT2D eigenvalue weighted by Crippen LogP contribution is 2.34. The number of hydrogen-bond donors (Lipinski definition) is 2. The molecule has 0 radical (unpaired) electrons. The standard InChI is InChI=1S/C13H12ClNO5S/c14-10-7(12(16)17)4-5-8(13(18)19)11(10)15-9-3-1-2-6-21(9)20/h4-5H,1-3,6H2,(H,16,17)(H,18,19). The summed E-state index contributed by atoms with van der Waals surface area (Å²) in [5, 5.41) is 18.3. The van der Waals surface area contributed by atoms with E-state index in [4.69, 9.17) is 21.8 Å². The van der Waals surface area contributed by atoms with Crippen LogP contribution in [0, 0.1) is 0 Å². The van der Waals surface area contributed by atoms with Crippen molar-refractivity contribution >= 4 is 45.1 Å². The summed E-state index contributed by atoms with van der Waals surface area (Å²) in [6.45, 7) is 0. The summed E-state index contributed by atoms with van der Waals surface area (Å²) in [6.07, 6.45) is 2.11. The third kappa shape index (κ3) is 3.30. The highest BCUT2D eigenvalue weighted by molar-refractivity contribution is 8.00. The van der Waals surface area contributed by atoms with Crippen molar-refractivity contribution in [2.75, 3.05) is 5.75 Å². The number of halogens is 1. The lowest BCUT2D eigenvalue weighted by Crippen LogP contribution is -2.17. The molecule has 1 atom stereocenters. The van der Waals surface area contributed by atoms with Crippen molar-refractivity contribution in [1.29, 1.82) is 0 Å². The fourth-order valence-electron chi connectivity index (χ4n) is 1.98. The Hall–Kier alpha value is -1.73. The number of benzene rings is 1. The zero-order valence-corrected chi connectivity index (χ0v) is 12.4. The second kappa shape index (κ2) is 6.36. The van der Waals surface area contributed by atoms with Gasteiger partial charge in [0, 0.05) is 5.75 Å². The lowest BCUT2D eigenvalue weighted by molar-refractivity contribution is 0.0682. The summed E-state index contributed by atoms with van der Waals surface area (Å²) in [6, 6.07) is 2.26. The van der Waals surface area contributed by atoms with Crippen LogP contribution in [-0.2, 0) is 10.8 Å². The molecule has 1 fully saturated rings. The van der Waals surface area contributed by atoms with Gasteiger partial charge in [-0.25, -0.2) is 14.6 Å². The zero-order valence-electron chi connectivity index (χ0n) is 10.8. The Bertz CT molecular complexity index is 671. The third-order valence-corrected chi connectivity index (χ3v) is 4.91. The molecule has 1 aromatic rings. The second-order valence-corrected chi connectivity index (χ2v) is 6.39. The van der Waals surface area contributed by atoms with Crippen LogP contribution in [0.3, 0.4) is 0 Å². The van der Waals surface area contributed by atoms with Crippen LogP contribution in [0.2, 0.25) is 5.02 Å². The number of carbonyl (C=O) groups is 2. The Morgan fingerprint density at radius 3 is 2.33 bits per heavy atom. The molecule has 1 saturated heterocycles. The largest absolute Gasteiger partial charge is 0.478 e. The van der Waals surface area contributed by atoms with Gasteiger partial charge in [-0.1, -0.05) is 11.6 Å². The molecule has 112 valence electrons. The predicted octanol–water partition coefficient (Wildman–Crippen LogP) is 2.70. The molecule has 0 bridgehead atoms. The van der Waals surface area contributed by atoms with Crippen LogP contribution >= 0.6 is 11.6 Å². The Morgan fingerprint density at radius 1 is 1.14 bits per heavy atom. The monoisotopic (exact) mass is 329 g/mol. The molecule has 2 rings (SSSR count). The molecule has 1 aliphatic rings. The number of nitrogens with zero attached hydrogens (tertiary/aromatic N) is 1. The molecule has 0 aliphatic carbocycles. The molecule has 1 aromatic carbocycles. The zero-order chi connectivity index (χ0) is 15.6. The number of carboxylic acids is 2. The van der Waals surface area contributed by atoms with Crippen LogP contribution in [0.5, 0.6) is 0 Å². The number of carboxylic acid groups (broad SMARTS) is 2. The number of rotatable bonds is 3. The summed E-state index contributed by atoms with van der Waals surface area (Å²) in [4.78, 5) is 26.4. The van der Waals surface area contributed by atoms with Gasteiger partial charge < -0.3 is 10.2 Å². The number of aromatic carboxylic acids is 2.